The summed E-state index contributed by atoms with van der Waals surface area (Å²) in [5, 5.41) is 0. The molecule has 1 atom stereocenters. The van der Waals surface area contributed by atoms with Gasteiger partial charge in [-0.15, -0.1) is 0 Å². The molecule has 5 heteroatoms. The molecule has 0 spiro atoms. The number of aryl methyl sites for hydroxylation is 2. The minimum Gasteiger partial charge on any atom is -0.326 e. The minimum absolute atomic E-state index is 0.148. The normalized spacial score (nSPS) is 13.7. The van der Waals surface area contributed by atoms with Crippen molar-refractivity contribution in [2.45, 2.75) is 51.5 Å². The van der Waals surface area contributed by atoms with Crippen molar-refractivity contribution in [1.29, 1.82) is 0 Å². The molecule has 4 nitrogen and oxygen atoms in total. The van der Waals surface area contributed by atoms with E-state index in [1.54, 1.807) is 13.0 Å². The highest BCUT2D eigenvalue weighted by Gasteiger charge is 2.20. The molecule has 114 valence electrons. The number of sulfonamides is 1. The molecule has 3 N–H and O–H groups in total. The maximum atomic E-state index is 12.3. The third-order valence-electron chi connectivity index (χ3n) is 3.80. The first-order valence-electron chi connectivity index (χ1n) is 7.14. The summed E-state index contributed by atoms with van der Waals surface area (Å²) in [6.07, 6.45) is 1.92. The highest BCUT2D eigenvalue weighted by atomic mass is 32.2. The lowest BCUT2D eigenvalue weighted by Crippen LogP contribution is -2.41. The summed E-state index contributed by atoms with van der Waals surface area (Å²) in [7, 11) is -3.49. The quantitative estimate of drug-likeness (QED) is 0.811. The Labute approximate surface area is 122 Å². The summed E-state index contributed by atoms with van der Waals surface area (Å²) in [6, 6.07) is 5.28. The SMILES string of the molecule is CCC(CC)C(N)CNS(=O)(=O)c1cc(C)ccc1C. The first-order chi connectivity index (χ1) is 9.31. The van der Waals surface area contributed by atoms with Gasteiger partial charge in [-0.2, -0.15) is 0 Å². The Kier molecular flexibility index (Phi) is 6.17. The average molecular weight is 298 g/mol. The highest BCUT2D eigenvalue weighted by molar-refractivity contribution is 7.89. The van der Waals surface area contributed by atoms with Crippen molar-refractivity contribution in [3.63, 3.8) is 0 Å². The third kappa shape index (κ3) is 4.30. The fourth-order valence-electron chi connectivity index (χ4n) is 2.34. The largest absolute Gasteiger partial charge is 0.326 e. The van der Waals surface area contributed by atoms with Crippen LogP contribution in [0.1, 0.15) is 37.8 Å². The van der Waals surface area contributed by atoms with E-state index in [1.165, 1.54) is 0 Å². The molecular formula is C15H26N2O2S. The molecule has 0 saturated carbocycles. The molecule has 20 heavy (non-hydrogen) atoms. The molecule has 0 amide bonds. The number of nitrogens with one attached hydrogen (secondary N) is 1. The van der Waals surface area contributed by atoms with Crippen LogP contribution < -0.4 is 10.5 Å². The van der Waals surface area contributed by atoms with Gasteiger partial charge in [0.2, 0.25) is 10.0 Å². The van der Waals surface area contributed by atoms with Crippen molar-refractivity contribution in [2.75, 3.05) is 6.54 Å². The van der Waals surface area contributed by atoms with Crippen molar-refractivity contribution in [3.8, 4) is 0 Å². The fraction of sp³-hybridized carbons (Fsp3) is 0.600. The molecule has 1 unspecified atom stereocenters. The number of hydrogen-bond acceptors (Lipinski definition) is 3. The maximum Gasteiger partial charge on any atom is 0.240 e. The van der Waals surface area contributed by atoms with Crippen molar-refractivity contribution in [3.05, 3.63) is 29.3 Å². The zero-order valence-corrected chi connectivity index (χ0v) is 13.6. The number of benzene rings is 1. The topological polar surface area (TPSA) is 72.2 Å². The summed E-state index contributed by atoms with van der Waals surface area (Å²) >= 11 is 0. The lowest BCUT2D eigenvalue weighted by Gasteiger charge is -2.21. The van der Waals surface area contributed by atoms with Gasteiger partial charge in [0.25, 0.3) is 0 Å². The smallest absolute Gasteiger partial charge is 0.240 e. The van der Waals surface area contributed by atoms with Gasteiger partial charge < -0.3 is 5.73 Å². The van der Waals surface area contributed by atoms with E-state index >= 15 is 0 Å². The van der Waals surface area contributed by atoms with Crippen LogP contribution in [0.25, 0.3) is 0 Å². The average Bonchev–Trinajstić information content (AvgIpc) is 2.40. The van der Waals surface area contributed by atoms with E-state index in [-0.39, 0.29) is 12.6 Å². The summed E-state index contributed by atoms with van der Waals surface area (Å²) < 4.78 is 27.3. The van der Waals surface area contributed by atoms with Crippen molar-refractivity contribution in [2.24, 2.45) is 11.7 Å². The Morgan fingerprint density at radius 1 is 1.20 bits per heavy atom. The van der Waals surface area contributed by atoms with Crippen LogP contribution in [0, 0.1) is 19.8 Å². The van der Waals surface area contributed by atoms with Crippen LogP contribution in [-0.2, 0) is 10.0 Å². The molecule has 0 aromatic heterocycles. The Morgan fingerprint density at radius 3 is 2.35 bits per heavy atom. The molecule has 0 heterocycles. The van der Waals surface area contributed by atoms with Gasteiger partial charge in [-0.05, 0) is 37.0 Å². The second-order valence-electron chi connectivity index (χ2n) is 5.36. The van der Waals surface area contributed by atoms with Crippen LogP contribution >= 0.6 is 0 Å². The maximum absolute atomic E-state index is 12.3. The van der Waals surface area contributed by atoms with E-state index in [0.29, 0.717) is 10.8 Å². The van der Waals surface area contributed by atoms with Gasteiger partial charge in [0, 0.05) is 12.6 Å². The predicted molar refractivity (Wildman–Crippen MR) is 83.2 cm³/mol. The molecule has 1 rings (SSSR count). The molecule has 1 aromatic carbocycles. The Morgan fingerprint density at radius 2 is 1.80 bits per heavy atom. The van der Waals surface area contributed by atoms with Gasteiger partial charge in [0.1, 0.15) is 0 Å². The third-order valence-corrected chi connectivity index (χ3v) is 5.36. The summed E-state index contributed by atoms with van der Waals surface area (Å²) in [5.74, 6) is 0.344. The van der Waals surface area contributed by atoms with E-state index in [0.717, 1.165) is 24.0 Å². The monoisotopic (exact) mass is 298 g/mol. The van der Waals surface area contributed by atoms with Gasteiger partial charge in [-0.25, -0.2) is 13.1 Å². The molecular weight excluding hydrogens is 272 g/mol. The van der Waals surface area contributed by atoms with Crippen LogP contribution in [0.4, 0.5) is 0 Å². The van der Waals surface area contributed by atoms with Crippen molar-refractivity contribution < 1.29 is 8.42 Å². The molecule has 0 fully saturated rings. The number of nitrogens with two attached hydrogens (primary N) is 1. The zero-order valence-electron chi connectivity index (χ0n) is 12.8. The van der Waals surface area contributed by atoms with E-state index < -0.39 is 10.0 Å². The number of rotatable bonds is 7. The van der Waals surface area contributed by atoms with Crippen LogP contribution in [-0.4, -0.2) is 21.0 Å². The van der Waals surface area contributed by atoms with Gasteiger partial charge >= 0.3 is 0 Å². The second-order valence-corrected chi connectivity index (χ2v) is 7.10. The standard InChI is InChI=1S/C15H26N2O2S/c1-5-13(6-2)14(16)10-17-20(18,19)15-9-11(3)7-8-12(15)4/h7-9,13-14,17H,5-6,10,16H2,1-4H3. The molecule has 0 aliphatic rings. The number of hydrogen-bond donors (Lipinski definition) is 2. The van der Waals surface area contributed by atoms with E-state index in [2.05, 4.69) is 18.6 Å². The highest BCUT2D eigenvalue weighted by Crippen LogP contribution is 2.17. The van der Waals surface area contributed by atoms with Gasteiger partial charge in [0.05, 0.1) is 4.90 Å². The van der Waals surface area contributed by atoms with Gasteiger partial charge in [-0.3, -0.25) is 0 Å². The summed E-state index contributed by atoms with van der Waals surface area (Å²) in [4.78, 5) is 0.342. The minimum atomic E-state index is -3.49. The Hall–Kier alpha value is -0.910. The van der Waals surface area contributed by atoms with E-state index in [1.807, 2.05) is 19.1 Å². The van der Waals surface area contributed by atoms with Crippen molar-refractivity contribution >= 4 is 10.0 Å². The van der Waals surface area contributed by atoms with Crippen LogP contribution in [0.2, 0.25) is 0 Å². The molecule has 0 radical (unpaired) electrons. The molecule has 0 saturated heterocycles. The molecule has 0 bridgehead atoms. The van der Waals surface area contributed by atoms with Gasteiger partial charge in [0.15, 0.2) is 0 Å². The van der Waals surface area contributed by atoms with Crippen LogP contribution in [0.3, 0.4) is 0 Å². The van der Waals surface area contributed by atoms with Crippen LogP contribution in [0.5, 0.6) is 0 Å². The summed E-state index contributed by atoms with van der Waals surface area (Å²) in [5.41, 5.74) is 7.75. The first-order valence-corrected chi connectivity index (χ1v) is 8.62. The molecule has 0 aliphatic heterocycles. The summed E-state index contributed by atoms with van der Waals surface area (Å²) in [6.45, 7) is 8.12. The lowest BCUT2D eigenvalue weighted by molar-refractivity contribution is 0.392. The predicted octanol–water partition coefficient (Wildman–Crippen LogP) is 2.35. The van der Waals surface area contributed by atoms with Crippen LogP contribution in [0.15, 0.2) is 23.1 Å². The Bertz CT molecular complexity index is 537. The van der Waals surface area contributed by atoms with Crippen molar-refractivity contribution in [1.82, 2.24) is 4.72 Å². The fourth-order valence-corrected chi connectivity index (χ4v) is 3.74. The molecule has 1 aromatic rings. The van der Waals surface area contributed by atoms with E-state index in [9.17, 15) is 8.42 Å². The first kappa shape index (κ1) is 17.1. The van der Waals surface area contributed by atoms with Gasteiger partial charge in [-0.1, -0.05) is 38.8 Å². The molecule has 0 aliphatic carbocycles. The Balaban J connectivity index is 2.83. The second kappa shape index (κ2) is 7.20. The lowest BCUT2D eigenvalue weighted by atomic mass is 9.95. The van der Waals surface area contributed by atoms with E-state index in [4.69, 9.17) is 5.73 Å². The zero-order chi connectivity index (χ0) is 15.3.